The van der Waals surface area contributed by atoms with Crippen molar-refractivity contribution in [2.45, 2.75) is 18.5 Å². The molecule has 4 aliphatic heterocycles. The summed E-state index contributed by atoms with van der Waals surface area (Å²) in [6.45, 7) is 3.54. The first-order chi connectivity index (χ1) is 17.9. The first-order valence-electron chi connectivity index (χ1n) is 12.4. The average molecular weight is 505 g/mol. The highest BCUT2D eigenvalue weighted by Crippen LogP contribution is 2.55. The number of rotatable bonds is 4. The van der Waals surface area contributed by atoms with Gasteiger partial charge in [-0.25, -0.2) is 4.90 Å². The molecule has 4 aliphatic rings. The van der Waals surface area contributed by atoms with Crippen LogP contribution in [-0.4, -0.2) is 74.5 Å². The average Bonchev–Trinajstić information content (AvgIpc) is 3.47. The molecule has 0 radical (unpaired) electrons. The highest BCUT2D eigenvalue weighted by Gasteiger charge is 2.71. The predicted octanol–water partition coefficient (Wildman–Crippen LogP) is 0.893. The van der Waals surface area contributed by atoms with Gasteiger partial charge in [0.05, 0.1) is 37.8 Å². The fraction of sp³-hybridized carbons (Fsp3) is 0.407. The highest BCUT2D eigenvalue weighted by atomic mass is 16.5. The van der Waals surface area contributed by atoms with Crippen molar-refractivity contribution in [2.75, 3.05) is 49.8 Å². The molecule has 37 heavy (non-hydrogen) atoms. The largest absolute Gasteiger partial charge is 0.497 e. The van der Waals surface area contributed by atoms with Crippen molar-refractivity contribution in [1.29, 1.82) is 0 Å². The van der Waals surface area contributed by atoms with Crippen molar-refractivity contribution in [1.82, 2.24) is 10.2 Å². The van der Waals surface area contributed by atoms with Crippen molar-refractivity contribution in [3.8, 4) is 5.75 Å². The zero-order chi connectivity index (χ0) is 25.9. The van der Waals surface area contributed by atoms with E-state index < -0.39 is 29.3 Å². The van der Waals surface area contributed by atoms with Gasteiger partial charge >= 0.3 is 0 Å². The van der Waals surface area contributed by atoms with Crippen LogP contribution < -0.4 is 19.9 Å². The molecule has 3 saturated heterocycles. The summed E-state index contributed by atoms with van der Waals surface area (Å²) in [5, 5.41) is 3.35. The fourth-order valence-corrected chi connectivity index (χ4v) is 6.30. The van der Waals surface area contributed by atoms with E-state index in [0.29, 0.717) is 49.0 Å². The molecule has 1 N–H and O–H groups in total. The van der Waals surface area contributed by atoms with Gasteiger partial charge in [-0.15, -0.1) is 0 Å². The molecular formula is C27H28N4O6. The van der Waals surface area contributed by atoms with E-state index in [1.54, 1.807) is 48.4 Å². The Balaban J connectivity index is 1.38. The van der Waals surface area contributed by atoms with Gasteiger partial charge in [0, 0.05) is 30.4 Å². The standard InChI is InChI=1S/C27H28N4O6/c1-16-22-23(25(34)31(24(22)33)17-7-9-18(36-2)10-8-17)27(28-16)19-5-3-4-6-20(19)30(26(27)35)15-21(32)29-11-13-37-14-12-29/h3-10,16,22-23,28H,11-15H2,1-2H3/t16-,22+,23+,27+/m0/s1. The molecule has 0 unspecified atom stereocenters. The summed E-state index contributed by atoms with van der Waals surface area (Å²) in [7, 11) is 1.54. The lowest BCUT2D eigenvalue weighted by molar-refractivity contribution is -0.136. The van der Waals surface area contributed by atoms with E-state index in [9.17, 15) is 19.2 Å². The Morgan fingerprint density at radius 2 is 1.76 bits per heavy atom. The van der Waals surface area contributed by atoms with E-state index in [0.717, 1.165) is 0 Å². The van der Waals surface area contributed by atoms with Crippen LogP contribution >= 0.6 is 0 Å². The molecule has 0 aliphatic carbocycles. The smallest absolute Gasteiger partial charge is 0.253 e. The number of imide groups is 1. The van der Waals surface area contributed by atoms with Crippen molar-refractivity contribution in [3.05, 3.63) is 54.1 Å². The van der Waals surface area contributed by atoms with E-state index >= 15 is 0 Å². The Hall–Kier alpha value is -3.76. The molecule has 4 atom stereocenters. The number of nitrogens with one attached hydrogen (secondary N) is 1. The minimum absolute atomic E-state index is 0.143. The summed E-state index contributed by atoms with van der Waals surface area (Å²) in [6, 6.07) is 13.5. The van der Waals surface area contributed by atoms with Crippen molar-refractivity contribution in [3.63, 3.8) is 0 Å². The number of methoxy groups -OCH3 is 1. The minimum Gasteiger partial charge on any atom is -0.497 e. The molecule has 4 amide bonds. The normalized spacial score (nSPS) is 28.8. The SMILES string of the molecule is COc1ccc(N2C(=O)[C@@H]3[C@H](C)N[C@@]4(C(=O)N(CC(=O)N5CCOCC5)c5ccccc54)[C@H]3C2=O)cc1. The number of nitrogens with zero attached hydrogens (tertiary/aromatic N) is 3. The second kappa shape index (κ2) is 8.67. The molecule has 10 heteroatoms. The molecule has 0 saturated carbocycles. The first kappa shape index (κ1) is 23.6. The van der Waals surface area contributed by atoms with Crippen LogP contribution in [0, 0.1) is 11.8 Å². The van der Waals surface area contributed by atoms with Gasteiger partial charge in [-0.3, -0.25) is 24.5 Å². The van der Waals surface area contributed by atoms with Crippen LogP contribution in [0.5, 0.6) is 5.75 Å². The number of para-hydroxylation sites is 1. The molecule has 1 spiro atoms. The number of ether oxygens (including phenoxy) is 2. The number of morpholine rings is 1. The van der Waals surface area contributed by atoms with Gasteiger partial charge in [-0.1, -0.05) is 18.2 Å². The maximum atomic E-state index is 14.2. The van der Waals surface area contributed by atoms with Gasteiger partial charge in [-0.2, -0.15) is 0 Å². The summed E-state index contributed by atoms with van der Waals surface area (Å²) < 4.78 is 10.6. The van der Waals surface area contributed by atoms with Crippen LogP contribution in [0.15, 0.2) is 48.5 Å². The summed E-state index contributed by atoms with van der Waals surface area (Å²) in [4.78, 5) is 59.3. The number of fused-ring (bicyclic) bond motifs is 4. The van der Waals surface area contributed by atoms with Crippen LogP contribution in [0.2, 0.25) is 0 Å². The molecule has 0 bridgehead atoms. The van der Waals surface area contributed by atoms with Gasteiger partial charge in [0.15, 0.2) is 0 Å². The summed E-state index contributed by atoms with van der Waals surface area (Å²) in [5.74, 6) is -2.38. The Kier molecular flexibility index (Phi) is 5.54. The third-order valence-electron chi connectivity index (χ3n) is 8.00. The number of amides is 4. The zero-order valence-electron chi connectivity index (χ0n) is 20.7. The van der Waals surface area contributed by atoms with Crippen molar-refractivity contribution in [2.24, 2.45) is 11.8 Å². The van der Waals surface area contributed by atoms with E-state index in [2.05, 4.69) is 5.32 Å². The Bertz CT molecular complexity index is 1290. The third kappa shape index (κ3) is 3.32. The molecule has 6 rings (SSSR count). The molecule has 3 fully saturated rings. The number of hydrogen-bond acceptors (Lipinski definition) is 7. The summed E-state index contributed by atoms with van der Waals surface area (Å²) in [6.07, 6.45) is 0. The predicted molar refractivity (Wildman–Crippen MR) is 133 cm³/mol. The fourth-order valence-electron chi connectivity index (χ4n) is 6.30. The summed E-state index contributed by atoms with van der Waals surface area (Å²) >= 11 is 0. The monoisotopic (exact) mass is 504 g/mol. The van der Waals surface area contributed by atoms with Crippen LogP contribution in [0.1, 0.15) is 12.5 Å². The van der Waals surface area contributed by atoms with E-state index in [1.165, 1.54) is 9.80 Å². The van der Waals surface area contributed by atoms with Gasteiger partial charge in [0.2, 0.25) is 17.7 Å². The van der Waals surface area contributed by atoms with Gasteiger partial charge < -0.3 is 19.3 Å². The number of carbonyl (C=O) groups excluding carboxylic acids is 4. The molecule has 10 nitrogen and oxygen atoms in total. The zero-order valence-corrected chi connectivity index (χ0v) is 20.7. The third-order valence-corrected chi connectivity index (χ3v) is 8.00. The molecular weight excluding hydrogens is 476 g/mol. The Morgan fingerprint density at radius 1 is 1.05 bits per heavy atom. The second-order valence-electron chi connectivity index (χ2n) is 9.86. The molecule has 4 heterocycles. The first-order valence-corrected chi connectivity index (χ1v) is 12.4. The van der Waals surface area contributed by atoms with Crippen LogP contribution in [0.25, 0.3) is 0 Å². The quantitative estimate of drug-likeness (QED) is 0.616. The van der Waals surface area contributed by atoms with Crippen LogP contribution in [0.3, 0.4) is 0 Å². The van der Waals surface area contributed by atoms with E-state index in [-0.39, 0.29) is 24.3 Å². The van der Waals surface area contributed by atoms with Crippen molar-refractivity contribution < 1.29 is 28.7 Å². The van der Waals surface area contributed by atoms with E-state index in [4.69, 9.17) is 9.47 Å². The molecule has 0 aromatic heterocycles. The lowest BCUT2D eigenvalue weighted by atomic mass is 9.76. The molecule has 2 aromatic rings. The van der Waals surface area contributed by atoms with Crippen LogP contribution in [0.4, 0.5) is 11.4 Å². The molecule has 192 valence electrons. The Labute approximate surface area is 214 Å². The van der Waals surface area contributed by atoms with Crippen molar-refractivity contribution >= 4 is 35.0 Å². The lowest BCUT2D eigenvalue weighted by Gasteiger charge is -2.31. The second-order valence-corrected chi connectivity index (χ2v) is 9.86. The topological polar surface area (TPSA) is 108 Å². The number of hydrogen-bond donors (Lipinski definition) is 1. The Morgan fingerprint density at radius 3 is 2.46 bits per heavy atom. The van der Waals surface area contributed by atoms with Crippen LogP contribution in [-0.2, 0) is 29.5 Å². The highest BCUT2D eigenvalue weighted by molar-refractivity contribution is 6.26. The number of anilines is 2. The summed E-state index contributed by atoms with van der Waals surface area (Å²) in [5.41, 5.74) is 0.204. The number of benzene rings is 2. The maximum Gasteiger partial charge on any atom is 0.253 e. The maximum absolute atomic E-state index is 14.2. The van der Waals surface area contributed by atoms with Gasteiger partial charge in [-0.05, 0) is 37.3 Å². The van der Waals surface area contributed by atoms with E-state index in [1.807, 2.05) is 19.1 Å². The molecule has 2 aromatic carbocycles. The lowest BCUT2D eigenvalue weighted by Crippen LogP contribution is -2.56. The number of carbonyl (C=O) groups is 4. The van der Waals surface area contributed by atoms with Gasteiger partial charge in [0.1, 0.15) is 17.8 Å². The minimum atomic E-state index is -1.43. The van der Waals surface area contributed by atoms with Gasteiger partial charge in [0.25, 0.3) is 5.91 Å².